The minimum Gasteiger partial charge on any atom is -0.328 e. The minimum absolute atomic E-state index is 0.151. The first-order valence-corrected chi connectivity index (χ1v) is 5.04. The van der Waals surface area contributed by atoms with Crippen LogP contribution in [0.25, 0.3) is 10.9 Å². The molecule has 2 aromatic rings. The summed E-state index contributed by atoms with van der Waals surface area (Å²) in [6.07, 6.45) is 1.77. The fourth-order valence-corrected chi connectivity index (χ4v) is 1.42. The highest BCUT2D eigenvalue weighted by Gasteiger charge is 2.14. The molecule has 0 fully saturated rings. The molecule has 0 spiro atoms. The van der Waals surface area contributed by atoms with Crippen molar-refractivity contribution in [3.8, 4) is 0 Å². The van der Waals surface area contributed by atoms with Gasteiger partial charge < -0.3 is 4.84 Å². The lowest BCUT2D eigenvalue weighted by atomic mass is 10.3. The van der Waals surface area contributed by atoms with E-state index in [2.05, 4.69) is 0 Å². The van der Waals surface area contributed by atoms with Crippen LogP contribution in [0.5, 0.6) is 0 Å². The highest BCUT2D eigenvalue weighted by Crippen LogP contribution is 2.13. The van der Waals surface area contributed by atoms with Crippen LogP contribution in [0.1, 0.15) is 13.3 Å². The molecular formula is C12H11NO3. The van der Waals surface area contributed by atoms with E-state index in [0.717, 1.165) is 10.9 Å². The van der Waals surface area contributed by atoms with Gasteiger partial charge in [0.25, 0.3) is 0 Å². The highest BCUT2D eigenvalue weighted by molar-refractivity contribution is 6.33. The van der Waals surface area contributed by atoms with Crippen molar-refractivity contribution in [3.63, 3.8) is 0 Å². The van der Waals surface area contributed by atoms with E-state index in [9.17, 15) is 9.59 Å². The van der Waals surface area contributed by atoms with Crippen molar-refractivity contribution in [3.05, 3.63) is 36.5 Å². The van der Waals surface area contributed by atoms with Gasteiger partial charge in [0.15, 0.2) is 0 Å². The van der Waals surface area contributed by atoms with Gasteiger partial charge >= 0.3 is 5.97 Å². The lowest BCUT2D eigenvalue weighted by molar-refractivity contribution is -0.153. The predicted molar refractivity (Wildman–Crippen MR) is 58.8 cm³/mol. The van der Waals surface area contributed by atoms with Crippen molar-refractivity contribution in [2.45, 2.75) is 13.3 Å². The second kappa shape index (κ2) is 4.18. The molecule has 0 N–H and O–H groups in total. The molecule has 0 unspecified atom stereocenters. The summed E-state index contributed by atoms with van der Waals surface area (Å²) < 4.78 is 1.31. The van der Waals surface area contributed by atoms with E-state index >= 15 is 0 Å². The standard InChI is InChI=1S/C12H11NO3/c1-2-11(14)12(15)16-13-8-7-9-5-3-4-6-10(9)13/h3-8H,2H2,1H3. The molecule has 0 saturated carbocycles. The number of hydrogen-bond donors (Lipinski definition) is 0. The number of carbonyl (C=O) groups is 2. The monoisotopic (exact) mass is 217 g/mol. The molecule has 82 valence electrons. The van der Waals surface area contributed by atoms with Crippen LogP contribution in [0.4, 0.5) is 0 Å². The first kappa shape index (κ1) is 10.4. The molecule has 0 saturated heterocycles. The first-order chi connectivity index (χ1) is 7.72. The van der Waals surface area contributed by atoms with Gasteiger partial charge in [0.2, 0.25) is 5.78 Å². The largest absolute Gasteiger partial charge is 0.399 e. The van der Waals surface area contributed by atoms with Gasteiger partial charge in [0.1, 0.15) is 0 Å². The average molecular weight is 217 g/mol. The van der Waals surface area contributed by atoms with E-state index in [4.69, 9.17) is 4.84 Å². The van der Waals surface area contributed by atoms with Crippen molar-refractivity contribution in [2.24, 2.45) is 0 Å². The molecule has 1 heterocycles. The smallest absolute Gasteiger partial charge is 0.328 e. The Labute approximate surface area is 92.4 Å². The fourth-order valence-electron chi connectivity index (χ4n) is 1.42. The van der Waals surface area contributed by atoms with E-state index in [1.54, 1.807) is 13.1 Å². The molecular weight excluding hydrogens is 206 g/mol. The summed E-state index contributed by atoms with van der Waals surface area (Å²) in [7, 11) is 0. The first-order valence-electron chi connectivity index (χ1n) is 5.04. The predicted octanol–water partition coefficient (Wildman–Crippen LogP) is 1.58. The number of nitrogens with zero attached hydrogens (tertiary/aromatic N) is 1. The van der Waals surface area contributed by atoms with Gasteiger partial charge in [-0.25, -0.2) is 4.79 Å². The van der Waals surface area contributed by atoms with Gasteiger partial charge in [-0.1, -0.05) is 25.1 Å². The number of ketones is 1. The second-order valence-corrected chi connectivity index (χ2v) is 3.36. The SMILES string of the molecule is CCC(=O)C(=O)On1ccc2ccccc21. The molecule has 0 aliphatic carbocycles. The molecule has 0 atom stereocenters. The van der Waals surface area contributed by atoms with Crippen LogP contribution in [-0.4, -0.2) is 16.5 Å². The zero-order valence-corrected chi connectivity index (χ0v) is 8.84. The third kappa shape index (κ3) is 1.82. The fraction of sp³-hybridized carbons (Fsp3) is 0.167. The normalized spacial score (nSPS) is 10.3. The van der Waals surface area contributed by atoms with Crippen molar-refractivity contribution in [1.82, 2.24) is 4.73 Å². The second-order valence-electron chi connectivity index (χ2n) is 3.36. The Hall–Kier alpha value is -2.10. The van der Waals surface area contributed by atoms with Gasteiger partial charge in [0, 0.05) is 18.0 Å². The molecule has 1 aromatic heterocycles. The molecule has 2 rings (SSSR count). The Morgan fingerprint density at radius 2 is 2.00 bits per heavy atom. The Kier molecular flexibility index (Phi) is 2.72. The number of rotatable bonds is 3. The van der Waals surface area contributed by atoms with Crippen molar-refractivity contribution < 1.29 is 14.4 Å². The van der Waals surface area contributed by atoms with Crippen LogP contribution in [0.3, 0.4) is 0 Å². The highest BCUT2D eigenvalue weighted by atomic mass is 16.7. The molecule has 4 nitrogen and oxygen atoms in total. The molecule has 16 heavy (non-hydrogen) atoms. The summed E-state index contributed by atoms with van der Waals surface area (Å²) in [5, 5.41) is 0.958. The van der Waals surface area contributed by atoms with Gasteiger partial charge in [-0.3, -0.25) is 4.79 Å². The third-order valence-corrected chi connectivity index (χ3v) is 2.29. The molecule has 0 amide bonds. The molecule has 0 bridgehead atoms. The summed E-state index contributed by atoms with van der Waals surface area (Å²) in [6.45, 7) is 1.62. The van der Waals surface area contributed by atoms with Crippen LogP contribution in [0.2, 0.25) is 0 Å². The van der Waals surface area contributed by atoms with Gasteiger partial charge in [0.05, 0.1) is 5.52 Å². The third-order valence-electron chi connectivity index (χ3n) is 2.29. The molecule has 0 aliphatic heterocycles. The number of carbonyl (C=O) groups excluding carboxylic acids is 2. The maximum Gasteiger partial charge on any atom is 0.399 e. The number of benzene rings is 1. The zero-order valence-electron chi connectivity index (χ0n) is 8.84. The Morgan fingerprint density at radius 1 is 1.25 bits per heavy atom. The molecule has 0 aliphatic rings. The maximum absolute atomic E-state index is 11.3. The van der Waals surface area contributed by atoms with E-state index in [1.165, 1.54) is 4.73 Å². The van der Waals surface area contributed by atoms with Crippen LogP contribution in [0.15, 0.2) is 36.5 Å². The summed E-state index contributed by atoms with van der Waals surface area (Å²) in [5.74, 6) is -1.36. The van der Waals surface area contributed by atoms with Crippen LogP contribution in [-0.2, 0) is 9.59 Å². The van der Waals surface area contributed by atoms with Crippen molar-refractivity contribution in [2.75, 3.05) is 0 Å². The van der Waals surface area contributed by atoms with Crippen LogP contribution in [0, 0.1) is 0 Å². The minimum atomic E-state index is -0.830. The lowest BCUT2D eigenvalue weighted by Crippen LogP contribution is -2.26. The van der Waals surface area contributed by atoms with Crippen molar-refractivity contribution in [1.29, 1.82) is 0 Å². The maximum atomic E-state index is 11.3. The van der Waals surface area contributed by atoms with Gasteiger partial charge in [-0.2, -0.15) is 4.73 Å². The molecule has 4 heteroatoms. The Bertz CT molecular complexity index is 542. The summed E-state index contributed by atoms with van der Waals surface area (Å²) in [6, 6.07) is 9.28. The summed E-state index contributed by atoms with van der Waals surface area (Å²) in [5.41, 5.74) is 0.764. The van der Waals surface area contributed by atoms with Gasteiger partial charge in [-0.05, 0) is 12.1 Å². The quantitative estimate of drug-likeness (QED) is 0.733. The lowest BCUT2D eigenvalue weighted by Gasteiger charge is -2.04. The summed E-state index contributed by atoms with van der Waals surface area (Å²) in [4.78, 5) is 27.3. The topological polar surface area (TPSA) is 48.3 Å². The summed E-state index contributed by atoms with van der Waals surface area (Å²) >= 11 is 0. The van der Waals surface area contributed by atoms with E-state index in [0.29, 0.717) is 0 Å². The van der Waals surface area contributed by atoms with Gasteiger partial charge in [-0.15, -0.1) is 0 Å². The van der Waals surface area contributed by atoms with E-state index in [-0.39, 0.29) is 6.42 Å². The molecule has 0 radical (unpaired) electrons. The Balaban J connectivity index is 2.28. The van der Waals surface area contributed by atoms with E-state index < -0.39 is 11.8 Å². The number of fused-ring (bicyclic) bond motifs is 1. The van der Waals surface area contributed by atoms with Crippen molar-refractivity contribution >= 4 is 22.7 Å². The number of hydrogen-bond acceptors (Lipinski definition) is 3. The zero-order chi connectivity index (χ0) is 11.5. The Morgan fingerprint density at radius 3 is 2.75 bits per heavy atom. The van der Waals surface area contributed by atoms with E-state index in [1.807, 2.05) is 30.3 Å². The number of Topliss-reactive ketones (excluding diaryl/α,β-unsaturated/α-hetero) is 1. The number of aromatic nitrogens is 1. The average Bonchev–Trinajstić information content (AvgIpc) is 2.72. The molecule has 1 aromatic carbocycles. The van der Waals surface area contributed by atoms with Crippen LogP contribution < -0.4 is 4.84 Å². The number of para-hydroxylation sites is 1. The van der Waals surface area contributed by atoms with Crippen LogP contribution >= 0.6 is 0 Å².